The Hall–Kier alpha value is -3.73. The standard InChI is InChI=1S/C31H38O5/c1-8-18-36-28-17-13-23(19-29(28)35-9-2)12-16-27(32)26-20-24(14-10-21(3)4)31(34-7)25(30(26)33)15-11-22(5)6/h8,10-13,16-17,19-20,33H,1,9,14-15,18H2,2-7H3/b16-12+. The number of phenols is 1. The molecule has 0 saturated carbocycles. The highest BCUT2D eigenvalue weighted by molar-refractivity contribution is 6.09. The quantitative estimate of drug-likeness (QED) is 0.182. The van der Waals surface area contributed by atoms with Crippen molar-refractivity contribution in [3.05, 3.63) is 88.5 Å². The number of ketones is 1. The van der Waals surface area contributed by atoms with Crippen molar-refractivity contribution in [2.45, 2.75) is 47.5 Å². The second kappa shape index (κ2) is 14.0. The second-order valence-corrected chi connectivity index (χ2v) is 8.85. The molecule has 0 atom stereocenters. The molecule has 0 aliphatic rings. The lowest BCUT2D eigenvalue weighted by Gasteiger charge is -2.17. The molecule has 0 fully saturated rings. The number of hydrogen-bond acceptors (Lipinski definition) is 5. The van der Waals surface area contributed by atoms with E-state index < -0.39 is 0 Å². The number of phenolic OH excluding ortho intramolecular Hbond substituents is 1. The highest BCUT2D eigenvalue weighted by atomic mass is 16.5. The second-order valence-electron chi connectivity index (χ2n) is 8.85. The van der Waals surface area contributed by atoms with Crippen molar-refractivity contribution in [1.29, 1.82) is 0 Å². The van der Waals surface area contributed by atoms with Gasteiger partial charge in [-0.3, -0.25) is 4.79 Å². The monoisotopic (exact) mass is 490 g/mol. The first-order valence-corrected chi connectivity index (χ1v) is 12.1. The minimum absolute atomic E-state index is 0.0527. The van der Waals surface area contributed by atoms with Gasteiger partial charge in [0, 0.05) is 5.56 Å². The van der Waals surface area contributed by atoms with Gasteiger partial charge in [-0.05, 0) is 82.9 Å². The summed E-state index contributed by atoms with van der Waals surface area (Å²) in [6.45, 7) is 14.5. The third-order valence-corrected chi connectivity index (χ3v) is 5.39. The van der Waals surface area contributed by atoms with E-state index in [0.29, 0.717) is 48.9 Å². The number of aromatic hydroxyl groups is 1. The predicted octanol–water partition coefficient (Wildman–Crippen LogP) is 7.28. The predicted molar refractivity (Wildman–Crippen MR) is 148 cm³/mol. The smallest absolute Gasteiger partial charge is 0.189 e. The van der Waals surface area contributed by atoms with Crippen molar-refractivity contribution >= 4 is 11.9 Å². The van der Waals surface area contributed by atoms with Gasteiger partial charge in [-0.25, -0.2) is 0 Å². The highest BCUT2D eigenvalue weighted by Crippen LogP contribution is 2.37. The van der Waals surface area contributed by atoms with Crippen LogP contribution in [0.1, 0.15) is 61.7 Å². The van der Waals surface area contributed by atoms with Crippen LogP contribution in [0.15, 0.2) is 66.3 Å². The van der Waals surface area contributed by atoms with E-state index >= 15 is 0 Å². The molecule has 0 radical (unpaired) electrons. The van der Waals surface area contributed by atoms with Crippen LogP contribution >= 0.6 is 0 Å². The number of carbonyl (C=O) groups excluding carboxylic acids is 1. The van der Waals surface area contributed by atoms with Gasteiger partial charge in [0.2, 0.25) is 0 Å². The van der Waals surface area contributed by atoms with E-state index in [0.717, 1.165) is 22.3 Å². The van der Waals surface area contributed by atoms with Crippen LogP contribution in [0.25, 0.3) is 6.08 Å². The molecule has 0 unspecified atom stereocenters. The Morgan fingerprint density at radius 2 is 1.69 bits per heavy atom. The van der Waals surface area contributed by atoms with E-state index in [1.807, 2.05) is 52.8 Å². The number of carbonyl (C=O) groups is 1. The Kier molecular flexibility index (Phi) is 11.1. The molecule has 2 aromatic rings. The van der Waals surface area contributed by atoms with Gasteiger partial charge in [-0.2, -0.15) is 0 Å². The Morgan fingerprint density at radius 1 is 1.00 bits per heavy atom. The van der Waals surface area contributed by atoms with Gasteiger partial charge in [-0.1, -0.05) is 48.1 Å². The van der Waals surface area contributed by atoms with Crippen LogP contribution in [-0.4, -0.2) is 31.2 Å². The normalized spacial score (nSPS) is 10.6. The zero-order valence-electron chi connectivity index (χ0n) is 22.3. The van der Waals surface area contributed by atoms with E-state index in [1.54, 1.807) is 31.4 Å². The topological polar surface area (TPSA) is 65.0 Å². The summed E-state index contributed by atoms with van der Waals surface area (Å²) in [4.78, 5) is 13.3. The molecule has 192 valence electrons. The Labute approximate surface area is 215 Å². The maximum absolute atomic E-state index is 13.3. The van der Waals surface area contributed by atoms with Gasteiger partial charge in [0.15, 0.2) is 17.3 Å². The molecular weight excluding hydrogens is 452 g/mol. The van der Waals surface area contributed by atoms with Crippen molar-refractivity contribution in [3.63, 3.8) is 0 Å². The molecule has 0 heterocycles. The van der Waals surface area contributed by atoms with Crippen molar-refractivity contribution in [2.24, 2.45) is 0 Å². The summed E-state index contributed by atoms with van der Waals surface area (Å²) in [6.07, 6.45) is 9.99. The molecule has 5 heteroatoms. The van der Waals surface area contributed by atoms with Crippen LogP contribution in [0.3, 0.4) is 0 Å². The minimum Gasteiger partial charge on any atom is -0.507 e. The summed E-state index contributed by atoms with van der Waals surface area (Å²) < 4.78 is 17.0. The van der Waals surface area contributed by atoms with E-state index in [2.05, 4.69) is 12.7 Å². The maximum Gasteiger partial charge on any atom is 0.189 e. The number of ether oxygens (including phenoxy) is 3. The van der Waals surface area contributed by atoms with E-state index in [-0.39, 0.29) is 17.1 Å². The lowest BCUT2D eigenvalue weighted by Crippen LogP contribution is -2.04. The Balaban J connectivity index is 2.49. The van der Waals surface area contributed by atoms with Crippen LogP contribution in [0.2, 0.25) is 0 Å². The first-order valence-electron chi connectivity index (χ1n) is 12.1. The summed E-state index contributed by atoms with van der Waals surface area (Å²) in [6, 6.07) is 7.20. The molecule has 0 aromatic heterocycles. The number of benzene rings is 2. The van der Waals surface area contributed by atoms with Crippen LogP contribution in [-0.2, 0) is 12.8 Å². The summed E-state index contributed by atoms with van der Waals surface area (Å²) in [5.41, 5.74) is 4.77. The minimum atomic E-state index is -0.294. The molecule has 0 aliphatic heterocycles. The van der Waals surface area contributed by atoms with Crippen LogP contribution in [0.4, 0.5) is 0 Å². The average molecular weight is 491 g/mol. The molecule has 0 bridgehead atoms. The average Bonchev–Trinajstić information content (AvgIpc) is 2.84. The summed E-state index contributed by atoms with van der Waals surface area (Å²) in [5, 5.41) is 11.1. The van der Waals surface area contributed by atoms with Crippen molar-refractivity contribution in [2.75, 3.05) is 20.3 Å². The van der Waals surface area contributed by atoms with Gasteiger partial charge in [0.1, 0.15) is 18.1 Å². The fraction of sp³-hybridized carbons (Fsp3) is 0.323. The zero-order valence-corrected chi connectivity index (χ0v) is 22.3. The van der Waals surface area contributed by atoms with Crippen LogP contribution < -0.4 is 14.2 Å². The molecular formula is C31H38O5. The van der Waals surface area contributed by atoms with Crippen molar-refractivity contribution in [3.8, 4) is 23.0 Å². The van der Waals surface area contributed by atoms with Crippen LogP contribution in [0.5, 0.6) is 23.0 Å². The van der Waals surface area contributed by atoms with E-state index in [1.165, 1.54) is 6.08 Å². The first kappa shape index (κ1) is 28.5. The molecule has 1 N–H and O–H groups in total. The third-order valence-electron chi connectivity index (χ3n) is 5.39. The largest absolute Gasteiger partial charge is 0.507 e. The SMILES string of the molecule is C=CCOc1ccc(/C=C/C(=O)c2cc(CC=C(C)C)c(OC)c(CC=C(C)C)c2O)cc1OCC. The summed E-state index contributed by atoms with van der Waals surface area (Å²) in [7, 11) is 1.59. The molecule has 36 heavy (non-hydrogen) atoms. The number of methoxy groups -OCH3 is 1. The number of allylic oxidation sites excluding steroid dienone is 5. The molecule has 2 rings (SSSR count). The molecule has 0 saturated heterocycles. The number of rotatable bonds is 13. The molecule has 0 spiro atoms. The Bertz CT molecular complexity index is 1160. The fourth-order valence-corrected chi connectivity index (χ4v) is 3.60. The molecule has 0 aliphatic carbocycles. The van der Waals surface area contributed by atoms with Crippen LogP contribution in [0, 0.1) is 0 Å². The maximum atomic E-state index is 13.3. The van der Waals surface area contributed by atoms with Gasteiger partial charge >= 0.3 is 0 Å². The molecule has 2 aromatic carbocycles. The lowest BCUT2D eigenvalue weighted by atomic mass is 9.94. The molecule has 5 nitrogen and oxygen atoms in total. The third kappa shape index (κ3) is 7.91. The van der Waals surface area contributed by atoms with Crippen molar-refractivity contribution < 1.29 is 24.1 Å². The summed E-state index contributed by atoms with van der Waals surface area (Å²) >= 11 is 0. The summed E-state index contributed by atoms with van der Waals surface area (Å²) in [5.74, 6) is 1.47. The highest BCUT2D eigenvalue weighted by Gasteiger charge is 2.20. The van der Waals surface area contributed by atoms with E-state index in [4.69, 9.17) is 14.2 Å². The first-order chi connectivity index (χ1) is 17.2. The molecule has 0 amide bonds. The fourth-order valence-electron chi connectivity index (χ4n) is 3.60. The Morgan fingerprint density at radius 3 is 2.31 bits per heavy atom. The number of hydrogen-bond donors (Lipinski definition) is 1. The lowest BCUT2D eigenvalue weighted by molar-refractivity contribution is 0.104. The van der Waals surface area contributed by atoms with E-state index in [9.17, 15) is 9.90 Å². The van der Waals surface area contributed by atoms with Crippen molar-refractivity contribution in [1.82, 2.24) is 0 Å². The van der Waals surface area contributed by atoms with Gasteiger partial charge < -0.3 is 19.3 Å². The zero-order chi connectivity index (χ0) is 26.7. The van der Waals surface area contributed by atoms with Gasteiger partial charge in [0.05, 0.1) is 19.3 Å². The van der Waals surface area contributed by atoms with Gasteiger partial charge in [-0.15, -0.1) is 0 Å². The van der Waals surface area contributed by atoms with Gasteiger partial charge in [0.25, 0.3) is 0 Å².